The number of piperazine rings is 1. The average molecular weight is 492 g/mol. The van der Waals surface area contributed by atoms with Gasteiger partial charge in [0, 0.05) is 50.2 Å². The predicted molar refractivity (Wildman–Crippen MR) is 143 cm³/mol. The van der Waals surface area contributed by atoms with Crippen molar-refractivity contribution in [3.8, 4) is 11.5 Å². The number of ether oxygens (including phenoxy) is 2. The van der Waals surface area contributed by atoms with Crippen molar-refractivity contribution in [2.75, 3.05) is 74.4 Å². The first-order valence-electron chi connectivity index (χ1n) is 11.9. The van der Waals surface area contributed by atoms with Gasteiger partial charge >= 0.3 is 6.03 Å². The number of anilines is 5. The largest absolute Gasteiger partial charge is 0.493 e. The number of hydrogen-bond donors (Lipinski definition) is 2. The lowest BCUT2D eigenvalue weighted by Crippen LogP contribution is -2.44. The zero-order valence-corrected chi connectivity index (χ0v) is 21.2. The quantitative estimate of drug-likeness (QED) is 0.487. The van der Waals surface area contributed by atoms with Crippen LogP contribution in [0, 0.1) is 0 Å². The van der Waals surface area contributed by atoms with Crippen molar-refractivity contribution in [3.63, 3.8) is 0 Å². The summed E-state index contributed by atoms with van der Waals surface area (Å²) in [5.74, 6) is 2.06. The van der Waals surface area contributed by atoms with Crippen LogP contribution in [0.2, 0.25) is 0 Å². The number of nitrogens with one attached hydrogen (secondary N) is 2. The van der Waals surface area contributed by atoms with Gasteiger partial charge in [-0.25, -0.2) is 14.8 Å². The fraction of sp³-hybridized carbons (Fsp3) is 0.346. The van der Waals surface area contributed by atoms with E-state index in [0.29, 0.717) is 35.4 Å². The maximum atomic E-state index is 13.1. The van der Waals surface area contributed by atoms with Gasteiger partial charge in [-0.1, -0.05) is 6.07 Å². The van der Waals surface area contributed by atoms with Crippen LogP contribution in [-0.2, 0) is 0 Å². The van der Waals surface area contributed by atoms with E-state index in [9.17, 15) is 4.79 Å². The highest BCUT2D eigenvalue weighted by atomic mass is 16.5. The topological polar surface area (TPSA) is 95.1 Å². The van der Waals surface area contributed by atoms with Crippen LogP contribution in [-0.4, -0.2) is 74.9 Å². The van der Waals surface area contributed by atoms with Crippen molar-refractivity contribution in [1.29, 1.82) is 0 Å². The molecule has 1 fully saturated rings. The highest BCUT2D eigenvalue weighted by Gasteiger charge is 2.19. The minimum atomic E-state index is -0.342. The smallest absolute Gasteiger partial charge is 0.327 e. The molecule has 2 aromatic carbocycles. The van der Waals surface area contributed by atoms with E-state index in [-0.39, 0.29) is 6.03 Å². The minimum Gasteiger partial charge on any atom is -0.493 e. The van der Waals surface area contributed by atoms with Gasteiger partial charge in [0.1, 0.15) is 18.0 Å². The number of para-hydroxylation sites is 1. The lowest BCUT2D eigenvalue weighted by Gasteiger charge is -2.34. The average Bonchev–Trinajstić information content (AvgIpc) is 2.90. The van der Waals surface area contributed by atoms with Gasteiger partial charge in [-0.3, -0.25) is 4.90 Å². The molecular formula is C26H33N7O3. The van der Waals surface area contributed by atoms with Crippen LogP contribution in [0.4, 0.5) is 33.5 Å². The molecule has 36 heavy (non-hydrogen) atoms. The zero-order chi connectivity index (χ0) is 25.5. The van der Waals surface area contributed by atoms with Crippen molar-refractivity contribution in [2.45, 2.75) is 6.92 Å². The van der Waals surface area contributed by atoms with E-state index >= 15 is 0 Å². The first-order chi connectivity index (χ1) is 17.5. The summed E-state index contributed by atoms with van der Waals surface area (Å²) < 4.78 is 10.8. The highest BCUT2D eigenvalue weighted by Crippen LogP contribution is 2.35. The number of rotatable bonds is 8. The van der Waals surface area contributed by atoms with Gasteiger partial charge in [0.05, 0.1) is 19.9 Å². The molecule has 0 saturated carbocycles. The Bertz CT molecular complexity index is 1160. The van der Waals surface area contributed by atoms with Gasteiger partial charge in [0.15, 0.2) is 11.5 Å². The van der Waals surface area contributed by atoms with Gasteiger partial charge < -0.3 is 29.9 Å². The summed E-state index contributed by atoms with van der Waals surface area (Å²) in [6.45, 7) is 6.47. The van der Waals surface area contributed by atoms with Gasteiger partial charge in [-0.05, 0) is 50.4 Å². The summed E-state index contributed by atoms with van der Waals surface area (Å²) in [4.78, 5) is 28.0. The van der Waals surface area contributed by atoms with Gasteiger partial charge in [-0.2, -0.15) is 0 Å². The van der Waals surface area contributed by atoms with E-state index in [2.05, 4.69) is 49.6 Å². The van der Waals surface area contributed by atoms with E-state index in [1.807, 2.05) is 19.1 Å². The molecule has 10 nitrogen and oxygen atoms in total. The molecule has 1 saturated heterocycles. The Morgan fingerprint density at radius 3 is 2.44 bits per heavy atom. The third-order valence-corrected chi connectivity index (χ3v) is 6.14. The molecule has 2 N–H and O–H groups in total. The fourth-order valence-corrected chi connectivity index (χ4v) is 4.11. The van der Waals surface area contributed by atoms with Crippen LogP contribution in [0.1, 0.15) is 6.92 Å². The van der Waals surface area contributed by atoms with Crippen LogP contribution in [0.3, 0.4) is 0 Å². The molecule has 10 heteroatoms. The van der Waals surface area contributed by atoms with Crippen molar-refractivity contribution in [1.82, 2.24) is 14.9 Å². The molecule has 0 atom stereocenters. The highest BCUT2D eigenvalue weighted by molar-refractivity contribution is 6.02. The molecule has 2 heterocycles. The molecular weight excluding hydrogens is 458 g/mol. The number of benzene rings is 2. The predicted octanol–water partition coefficient (Wildman–Crippen LogP) is 4.05. The van der Waals surface area contributed by atoms with E-state index in [4.69, 9.17) is 9.47 Å². The second-order valence-corrected chi connectivity index (χ2v) is 8.44. The Morgan fingerprint density at radius 2 is 1.78 bits per heavy atom. The van der Waals surface area contributed by atoms with Crippen LogP contribution >= 0.6 is 0 Å². The molecule has 1 aliphatic rings. The number of carbonyl (C=O) groups excluding carboxylic acids is 1. The number of urea groups is 1. The molecule has 3 aromatic rings. The molecule has 0 spiro atoms. The number of carbonyl (C=O) groups is 1. The second-order valence-electron chi connectivity index (χ2n) is 8.44. The summed E-state index contributed by atoms with van der Waals surface area (Å²) in [6, 6.07) is 15.0. The van der Waals surface area contributed by atoms with Crippen LogP contribution < -0.4 is 29.9 Å². The number of likely N-dealkylation sites (N-methyl/N-ethyl adjacent to an activating group) is 1. The number of nitrogens with zero attached hydrogens (tertiary/aromatic N) is 5. The van der Waals surface area contributed by atoms with Gasteiger partial charge in [0.25, 0.3) is 0 Å². The maximum absolute atomic E-state index is 13.1. The van der Waals surface area contributed by atoms with Crippen LogP contribution in [0.25, 0.3) is 0 Å². The second kappa shape index (κ2) is 11.6. The summed E-state index contributed by atoms with van der Waals surface area (Å²) in [5.41, 5.74) is 2.62. The number of amides is 2. The molecule has 1 aromatic heterocycles. The Labute approximate surface area is 211 Å². The number of hydrogen-bond acceptors (Lipinski definition) is 8. The number of methoxy groups -OCH3 is 2. The van der Waals surface area contributed by atoms with Crippen LogP contribution in [0.15, 0.2) is 54.9 Å². The summed E-state index contributed by atoms with van der Waals surface area (Å²) in [5, 5.41) is 6.20. The lowest BCUT2D eigenvalue weighted by molar-refractivity contribution is 0.257. The van der Waals surface area contributed by atoms with E-state index in [1.54, 1.807) is 31.4 Å². The van der Waals surface area contributed by atoms with Gasteiger partial charge in [0.2, 0.25) is 0 Å². The van der Waals surface area contributed by atoms with Crippen molar-refractivity contribution < 1.29 is 14.3 Å². The molecule has 190 valence electrons. The Hall–Kier alpha value is -4.05. The van der Waals surface area contributed by atoms with E-state index < -0.39 is 0 Å². The molecule has 4 rings (SSSR count). The standard InChI is InChI=1S/C26H33N7O3/c1-5-33(26(34)30-21-7-6-8-22(35-3)25(21)36-4)24-17-23(27-18-28-24)29-19-9-11-20(12-10-19)32-15-13-31(2)14-16-32/h6-12,17-18H,5,13-16H2,1-4H3,(H,30,34)(H,27,28,29). The molecule has 0 aliphatic carbocycles. The van der Waals surface area contributed by atoms with Crippen LogP contribution in [0.5, 0.6) is 11.5 Å². The zero-order valence-electron chi connectivity index (χ0n) is 21.2. The normalized spacial score (nSPS) is 13.7. The first-order valence-corrected chi connectivity index (χ1v) is 11.9. The molecule has 0 bridgehead atoms. The van der Waals surface area contributed by atoms with E-state index in [1.165, 1.54) is 24.0 Å². The monoisotopic (exact) mass is 491 g/mol. The first kappa shape index (κ1) is 25.1. The number of aromatic nitrogens is 2. The third-order valence-electron chi connectivity index (χ3n) is 6.14. The Balaban J connectivity index is 1.45. The Morgan fingerprint density at radius 1 is 1.03 bits per heavy atom. The fourth-order valence-electron chi connectivity index (χ4n) is 4.11. The molecule has 1 aliphatic heterocycles. The van der Waals surface area contributed by atoms with E-state index in [0.717, 1.165) is 31.9 Å². The summed E-state index contributed by atoms with van der Waals surface area (Å²) in [6.07, 6.45) is 1.44. The molecule has 0 radical (unpaired) electrons. The summed E-state index contributed by atoms with van der Waals surface area (Å²) in [7, 11) is 5.24. The SMILES string of the molecule is CCN(C(=O)Nc1cccc(OC)c1OC)c1cc(Nc2ccc(N3CCN(C)CC3)cc2)ncn1. The minimum absolute atomic E-state index is 0.342. The lowest BCUT2D eigenvalue weighted by atomic mass is 10.2. The van der Waals surface area contributed by atoms with Gasteiger partial charge in [-0.15, -0.1) is 0 Å². The maximum Gasteiger partial charge on any atom is 0.327 e. The Kier molecular flexibility index (Phi) is 8.06. The third kappa shape index (κ3) is 5.77. The summed E-state index contributed by atoms with van der Waals surface area (Å²) >= 11 is 0. The molecule has 0 unspecified atom stereocenters. The van der Waals surface area contributed by atoms with Crippen molar-refractivity contribution in [3.05, 3.63) is 54.9 Å². The van der Waals surface area contributed by atoms with Crippen molar-refractivity contribution in [2.24, 2.45) is 0 Å². The van der Waals surface area contributed by atoms with Crippen molar-refractivity contribution >= 4 is 34.7 Å². The molecule has 2 amide bonds.